The monoisotopic (exact) mass is 442 g/mol. The molecule has 3 aromatic rings. The molecule has 0 atom stereocenters. The van der Waals surface area contributed by atoms with E-state index in [0.29, 0.717) is 11.6 Å². The lowest BCUT2D eigenvalue weighted by molar-refractivity contribution is 0.0854. The SMILES string of the molecule is [2H]C1([2H])N(CC(F)F)C([2H])([2H])C([2H])([2H])N(c2cc(C)cc(Nc3n[nH]c(-c4cc(F)cc(F)c4)n3)c2)C1([2H])[2H]. The van der Waals surface area contributed by atoms with Gasteiger partial charge in [0.05, 0.1) is 12.0 Å². The van der Waals surface area contributed by atoms with Gasteiger partial charge in [0.15, 0.2) is 5.82 Å². The standard InChI is InChI=1S/C21H22F4N6/c1-13-6-17(11-18(7-13)31-4-2-30(3-5-31)12-19(24)25)26-21-27-20(28-29-21)14-8-15(22)10-16(23)9-14/h6-11,19H,2-5,12H2,1H3,(H2,26,27,28,29)/i2D2,3D2,4D2,5D2. The maximum Gasteiger partial charge on any atom is 0.251 e. The number of alkyl halides is 2. The number of anilines is 3. The van der Waals surface area contributed by atoms with Crippen LogP contribution in [0.5, 0.6) is 0 Å². The lowest BCUT2D eigenvalue weighted by atomic mass is 10.1. The van der Waals surface area contributed by atoms with Crippen LogP contribution in [0.4, 0.5) is 34.9 Å². The first-order valence-corrected chi connectivity index (χ1v) is 9.02. The van der Waals surface area contributed by atoms with Gasteiger partial charge in [-0.3, -0.25) is 10.00 Å². The fraction of sp³-hybridized carbons (Fsp3) is 0.333. The maximum atomic E-state index is 13.6. The highest BCUT2D eigenvalue weighted by molar-refractivity contribution is 5.65. The molecule has 6 nitrogen and oxygen atoms in total. The number of piperazine rings is 1. The number of aryl methyl sites for hydroxylation is 1. The van der Waals surface area contributed by atoms with Crippen LogP contribution in [0.25, 0.3) is 11.4 Å². The van der Waals surface area contributed by atoms with Crippen LogP contribution in [-0.2, 0) is 0 Å². The maximum absolute atomic E-state index is 13.6. The lowest BCUT2D eigenvalue weighted by Gasteiger charge is -2.36. The van der Waals surface area contributed by atoms with E-state index in [-0.39, 0.29) is 38.5 Å². The molecule has 2 aromatic carbocycles. The summed E-state index contributed by atoms with van der Waals surface area (Å²) in [7, 11) is 0. The Balaban J connectivity index is 1.73. The highest BCUT2D eigenvalue weighted by Gasteiger charge is 2.20. The number of benzene rings is 2. The third kappa shape index (κ3) is 5.32. The summed E-state index contributed by atoms with van der Waals surface area (Å²) in [5, 5.41) is 9.18. The first-order chi connectivity index (χ1) is 17.9. The molecule has 1 fully saturated rings. The van der Waals surface area contributed by atoms with E-state index in [1.807, 2.05) is 0 Å². The molecule has 0 bridgehead atoms. The van der Waals surface area contributed by atoms with Crippen LogP contribution in [0.2, 0.25) is 0 Å². The molecule has 0 radical (unpaired) electrons. The molecule has 0 amide bonds. The van der Waals surface area contributed by atoms with Crippen molar-refractivity contribution in [3.05, 3.63) is 53.6 Å². The van der Waals surface area contributed by atoms with Crippen molar-refractivity contribution < 1.29 is 28.5 Å². The van der Waals surface area contributed by atoms with Crippen LogP contribution >= 0.6 is 0 Å². The topological polar surface area (TPSA) is 60.1 Å². The van der Waals surface area contributed by atoms with Crippen LogP contribution in [0, 0.1) is 18.6 Å². The molecule has 2 heterocycles. The van der Waals surface area contributed by atoms with Gasteiger partial charge in [0.1, 0.15) is 11.6 Å². The van der Waals surface area contributed by atoms with Crippen LogP contribution in [0.15, 0.2) is 36.4 Å². The van der Waals surface area contributed by atoms with Crippen LogP contribution < -0.4 is 10.2 Å². The summed E-state index contributed by atoms with van der Waals surface area (Å²) in [4.78, 5) is 4.21. The Morgan fingerprint density at radius 3 is 2.45 bits per heavy atom. The van der Waals surface area contributed by atoms with Gasteiger partial charge in [-0.1, -0.05) is 0 Å². The van der Waals surface area contributed by atoms with Crippen molar-refractivity contribution in [2.75, 3.05) is 42.7 Å². The second kappa shape index (κ2) is 8.93. The summed E-state index contributed by atoms with van der Waals surface area (Å²) in [6, 6.07) is 6.70. The Bertz CT molecular complexity index is 1340. The van der Waals surface area contributed by atoms with E-state index in [1.54, 1.807) is 6.92 Å². The zero-order valence-corrected chi connectivity index (χ0v) is 16.0. The number of H-pyrrole nitrogens is 1. The summed E-state index contributed by atoms with van der Waals surface area (Å²) < 4.78 is 120. The van der Waals surface area contributed by atoms with Crippen molar-refractivity contribution in [1.82, 2.24) is 20.1 Å². The molecular formula is C21H22F4N6. The summed E-state index contributed by atoms with van der Waals surface area (Å²) in [6.45, 7) is -13.4. The van der Waals surface area contributed by atoms with Gasteiger partial charge in [-0.15, -0.1) is 5.10 Å². The second-order valence-electron chi connectivity index (χ2n) is 6.63. The average molecular weight is 442 g/mol. The fourth-order valence-electron chi connectivity index (χ4n) is 2.87. The molecule has 1 aromatic heterocycles. The van der Waals surface area contributed by atoms with Crippen LogP contribution in [0.1, 0.15) is 16.5 Å². The van der Waals surface area contributed by atoms with Crippen molar-refractivity contribution >= 4 is 17.3 Å². The predicted octanol–water partition coefficient (Wildman–Crippen LogP) is 4.19. The van der Waals surface area contributed by atoms with Gasteiger partial charge < -0.3 is 10.2 Å². The normalized spacial score (nSPS) is 25.3. The minimum absolute atomic E-state index is 0.00740. The number of nitrogens with zero attached hydrogens (tertiary/aromatic N) is 4. The summed E-state index contributed by atoms with van der Waals surface area (Å²) in [5.74, 6) is -1.76. The molecule has 10 heteroatoms. The Morgan fingerprint density at radius 1 is 1.06 bits per heavy atom. The largest absolute Gasteiger partial charge is 0.369 e. The van der Waals surface area contributed by atoms with Crippen LogP contribution in [0.3, 0.4) is 0 Å². The van der Waals surface area contributed by atoms with Gasteiger partial charge in [-0.2, -0.15) is 4.98 Å². The third-order valence-electron chi connectivity index (χ3n) is 4.11. The number of hydrogen-bond donors (Lipinski definition) is 2. The smallest absolute Gasteiger partial charge is 0.251 e. The van der Waals surface area contributed by atoms with Crippen molar-refractivity contribution in [2.24, 2.45) is 0 Å². The number of halogens is 4. The minimum atomic E-state index is -3.39. The van der Waals surface area contributed by atoms with E-state index in [2.05, 4.69) is 20.5 Å². The predicted molar refractivity (Wildman–Crippen MR) is 111 cm³/mol. The molecule has 1 saturated heterocycles. The molecule has 2 N–H and O–H groups in total. The first kappa shape index (κ1) is 13.3. The molecule has 0 aliphatic carbocycles. The fourth-order valence-corrected chi connectivity index (χ4v) is 2.87. The highest BCUT2D eigenvalue weighted by atomic mass is 19.3. The van der Waals surface area contributed by atoms with Crippen LogP contribution in [-0.4, -0.2) is 59.0 Å². The molecule has 0 saturated carbocycles. The van der Waals surface area contributed by atoms with E-state index < -0.39 is 50.6 Å². The Hall–Kier alpha value is -3.14. The Labute approximate surface area is 188 Å². The van der Waals surface area contributed by atoms with E-state index in [9.17, 15) is 17.6 Å². The van der Waals surface area contributed by atoms with E-state index in [4.69, 9.17) is 11.0 Å². The molecule has 0 unspecified atom stereocenters. The second-order valence-corrected chi connectivity index (χ2v) is 6.63. The lowest BCUT2D eigenvalue weighted by Crippen LogP contribution is -2.47. The van der Waals surface area contributed by atoms with Gasteiger partial charge in [-0.25, -0.2) is 17.6 Å². The highest BCUT2D eigenvalue weighted by Crippen LogP contribution is 2.26. The van der Waals surface area contributed by atoms with E-state index >= 15 is 0 Å². The zero-order chi connectivity index (χ0) is 29.1. The van der Waals surface area contributed by atoms with Crippen molar-refractivity contribution in [1.29, 1.82) is 0 Å². The first-order valence-electron chi connectivity index (χ1n) is 13.0. The van der Waals surface area contributed by atoms with Crippen molar-refractivity contribution in [3.63, 3.8) is 0 Å². The number of aromatic nitrogens is 3. The molecule has 1 aliphatic rings. The molecule has 0 spiro atoms. The Kier molecular flexibility index (Phi) is 3.83. The van der Waals surface area contributed by atoms with Gasteiger partial charge in [-0.05, 0) is 42.8 Å². The van der Waals surface area contributed by atoms with Gasteiger partial charge in [0.25, 0.3) is 6.43 Å². The van der Waals surface area contributed by atoms with Crippen molar-refractivity contribution in [2.45, 2.75) is 13.3 Å². The molecule has 164 valence electrons. The molecular weight excluding hydrogens is 412 g/mol. The van der Waals surface area contributed by atoms with E-state index in [1.165, 1.54) is 18.2 Å². The number of nitrogens with one attached hydrogen (secondary N) is 2. The Morgan fingerprint density at radius 2 is 1.77 bits per heavy atom. The summed E-state index contributed by atoms with van der Waals surface area (Å²) >= 11 is 0. The zero-order valence-electron chi connectivity index (χ0n) is 24.0. The third-order valence-corrected chi connectivity index (χ3v) is 4.11. The summed E-state index contributed by atoms with van der Waals surface area (Å²) in [6.07, 6.45) is -3.27. The van der Waals surface area contributed by atoms with Gasteiger partial charge in [0, 0.05) is 54.5 Å². The quantitative estimate of drug-likeness (QED) is 0.561. The molecule has 4 rings (SSSR count). The number of rotatable bonds is 6. The molecule has 31 heavy (non-hydrogen) atoms. The average Bonchev–Trinajstić information content (AvgIpc) is 3.23. The molecule has 1 aliphatic heterocycles. The number of hydrogen-bond acceptors (Lipinski definition) is 5. The number of aromatic amines is 1. The minimum Gasteiger partial charge on any atom is -0.369 e. The van der Waals surface area contributed by atoms with Crippen molar-refractivity contribution in [3.8, 4) is 11.4 Å². The van der Waals surface area contributed by atoms with E-state index in [0.717, 1.165) is 12.1 Å². The van der Waals surface area contributed by atoms with Gasteiger partial charge >= 0.3 is 0 Å². The summed E-state index contributed by atoms with van der Waals surface area (Å²) in [5.41, 5.74) is 0.301. The van der Waals surface area contributed by atoms with Gasteiger partial charge in [0.2, 0.25) is 5.95 Å².